The fourth-order valence-electron chi connectivity index (χ4n) is 5.62. The highest BCUT2D eigenvalue weighted by atomic mass is 32.2. The summed E-state index contributed by atoms with van der Waals surface area (Å²) in [6.07, 6.45) is 10.7. The van der Waals surface area contributed by atoms with E-state index in [4.69, 9.17) is 0 Å². The number of sulfonamides is 1. The highest BCUT2D eigenvalue weighted by molar-refractivity contribution is 7.89. The summed E-state index contributed by atoms with van der Waals surface area (Å²) in [7, 11) is -6.54. The van der Waals surface area contributed by atoms with Gasteiger partial charge in [-0.3, -0.25) is 4.57 Å². The SMILES string of the molecule is CCP(=O)(O)CCC/C=C\CC1C(NS(=O)(=O)c2ccc(-c3ccccc3)cc2)C2CC[C@@H]1C2. The summed E-state index contributed by atoms with van der Waals surface area (Å²) in [6.45, 7) is 1.75. The first-order chi connectivity index (χ1) is 16.3. The molecule has 2 aromatic carbocycles. The van der Waals surface area contributed by atoms with Crippen LogP contribution in [0.15, 0.2) is 71.6 Å². The number of nitrogens with one attached hydrogen (secondary N) is 1. The molecule has 2 saturated carbocycles. The summed E-state index contributed by atoms with van der Waals surface area (Å²) in [5, 5.41) is 0. The third-order valence-electron chi connectivity index (χ3n) is 7.60. The molecule has 0 radical (unpaired) electrons. The number of fused-ring (bicyclic) bond motifs is 2. The lowest BCUT2D eigenvalue weighted by Crippen LogP contribution is -2.43. The van der Waals surface area contributed by atoms with E-state index in [9.17, 15) is 17.9 Å². The Kier molecular flexibility index (Phi) is 8.14. The number of benzene rings is 2. The van der Waals surface area contributed by atoms with Crippen molar-refractivity contribution in [3.05, 3.63) is 66.7 Å². The minimum Gasteiger partial charge on any atom is -0.344 e. The minimum atomic E-state index is -3.59. The Balaban J connectivity index is 1.37. The summed E-state index contributed by atoms with van der Waals surface area (Å²) in [5.41, 5.74) is 2.06. The lowest BCUT2D eigenvalue weighted by atomic mass is 9.83. The maximum atomic E-state index is 13.2. The molecule has 0 spiro atoms. The Morgan fingerprint density at radius 1 is 1.00 bits per heavy atom. The van der Waals surface area contributed by atoms with Crippen LogP contribution in [0.1, 0.15) is 45.4 Å². The van der Waals surface area contributed by atoms with Crippen molar-refractivity contribution in [2.24, 2.45) is 17.8 Å². The summed E-state index contributed by atoms with van der Waals surface area (Å²) in [4.78, 5) is 10.0. The predicted octanol–water partition coefficient (Wildman–Crippen LogP) is 6.06. The lowest BCUT2D eigenvalue weighted by Gasteiger charge is -2.31. The number of hydrogen-bond acceptors (Lipinski definition) is 3. The van der Waals surface area contributed by atoms with Gasteiger partial charge in [0.1, 0.15) is 0 Å². The Morgan fingerprint density at radius 2 is 1.68 bits per heavy atom. The molecule has 5 nitrogen and oxygen atoms in total. The highest BCUT2D eigenvalue weighted by Crippen LogP contribution is 2.50. The molecule has 2 bridgehead atoms. The quantitative estimate of drug-likeness (QED) is 0.223. The summed E-state index contributed by atoms with van der Waals surface area (Å²) in [5.74, 6) is 1.29. The Morgan fingerprint density at radius 3 is 2.38 bits per heavy atom. The fourth-order valence-corrected chi connectivity index (χ4v) is 7.97. The fraction of sp³-hybridized carbons (Fsp3) is 0.481. The van der Waals surface area contributed by atoms with Crippen LogP contribution in [0.3, 0.4) is 0 Å². The molecule has 5 atom stereocenters. The second-order valence-electron chi connectivity index (χ2n) is 9.77. The van der Waals surface area contributed by atoms with Crippen LogP contribution in [0.4, 0.5) is 0 Å². The first-order valence-corrected chi connectivity index (χ1v) is 15.9. The summed E-state index contributed by atoms with van der Waals surface area (Å²) < 4.78 is 41.3. The van der Waals surface area contributed by atoms with E-state index < -0.39 is 17.4 Å². The molecule has 0 aliphatic heterocycles. The van der Waals surface area contributed by atoms with Gasteiger partial charge in [-0.2, -0.15) is 0 Å². The first-order valence-electron chi connectivity index (χ1n) is 12.4. The maximum absolute atomic E-state index is 13.2. The van der Waals surface area contributed by atoms with Crippen molar-refractivity contribution in [1.29, 1.82) is 0 Å². The molecule has 2 aromatic rings. The van der Waals surface area contributed by atoms with Crippen LogP contribution in [0.2, 0.25) is 0 Å². The van der Waals surface area contributed by atoms with Gasteiger partial charge in [-0.25, -0.2) is 13.1 Å². The zero-order valence-electron chi connectivity index (χ0n) is 19.8. The van der Waals surface area contributed by atoms with Crippen LogP contribution in [0, 0.1) is 17.8 Å². The van der Waals surface area contributed by atoms with Gasteiger partial charge in [-0.1, -0.05) is 61.5 Å². The van der Waals surface area contributed by atoms with Gasteiger partial charge in [-0.15, -0.1) is 0 Å². The third kappa shape index (κ3) is 6.09. The zero-order valence-corrected chi connectivity index (χ0v) is 21.6. The van der Waals surface area contributed by atoms with Gasteiger partial charge in [-0.05, 0) is 79.5 Å². The van der Waals surface area contributed by atoms with Crippen molar-refractivity contribution in [1.82, 2.24) is 4.72 Å². The zero-order chi connectivity index (χ0) is 24.2. The van der Waals surface area contributed by atoms with E-state index in [0.29, 0.717) is 41.4 Å². The highest BCUT2D eigenvalue weighted by Gasteiger charge is 2.48. The van der Waals surface area contributed by atoms with E-state index in [0.717, 1.165) is 36.8 Å². The maximum Gasteiger partial charge on any atom is 0.240 e. The van der Waals surface area contributed by atoms with E-state index in [1.54, 1.807) is 19.1 Å². The molecule has 0 amide bonds. The average molecular weight is 502 g/mol. The molecular weight excluding hydrogens is 465 g/mol. The van der Waals surface area contributed by atoms with Crippen molar-refractivity contribution >= 4 is 17.4 Å². The van der Waals surface area contributed by atoms with Gasteiger partial charge in [0.25, 0.3) is 0 Å². The lowest BCUT2D eigenvalue weighted by molar-refractivity contribution is 0.274. The van der Waals surface area contributed by atoms with E-state index in [-0.39, 0.29) is 6.04 Å². The standard InChI is InChI=1S/C27H36NO4PS/c1-2-33(29,30)19-9-4-3-8-12-26-23-13-14-24(20-23)27(26)28-34(31,32)25-17-15-22(16-18-25)21-10-6-5-7-11-21/h3,5-8,10-11,15-18,23-24,26-28H,2,4,9,12-14,19-20H2,1H3,(H,29,30)/b8-3-/t23-,24?,26?,27?/m1/s1. The molecule has 0 aromatic heterocycles. The van der Waals surface area contributed by atoms with Crippen molar-refractivity contribution in [3.63, 3.8) is 0 Å². The van der Waals surface area contributed by atoms with Gasteiger partial charge in [0, 0.05) is 18.4 Å². The van der Waals surface area contributed by atoms with E-state index in [1.165, 1.54) is 6.42 Å². The monoisotopic (exact) mass is 501 g/mol. The van der Waals surface area contributed by atoms with Crippen molar-refractivity contribution in [2.75, 3.05) is 12.3 Å². The van der Waals surface area contributed by atoms with Crippen LogP contribution in [-0.4, -0.2) is 31.7 Å². The molecule has 4 unspecified atom stereocenters. The van der Waals surface area contributed by atoms with Crippen LogP contribution in [0.5, 0.6) is 0 Å². The summed E-state index contributed by atoms with van der Waals surface area (Å²) in [6, 6.07) is 17.0. The van der Waals surface area contributed by atoms with E-state index >= 15 is 0 Å². The van der Waals surface area contributed by atoms with Crippen LogP contribution in [-0.2, 0) is 14.6 Å². The largest absolute Gasteiger partial charge is 0.344 e. The second kappa shape index (κ2) is 10.9. The van der Waals surface area contributed by atoms with Gasteiger partial charge in [0.2, 0.25) is 10.0 Å². The van der Waals surface area contributed by atoms with E-state index in [1.807, 2.05) is 42.5 Å². The molecule has 4 rings (SSSR count). The second-order valence-corrected chi connectivity index (χ2v) is 14.3. The topological polar surface area (TPSA) is 83.5 Å². The smallest absolute Gasteiger partial charge is 0.240 e. The molecule has 0 heterocycles. The first kappa shape index (κ1) is 25.4. The van der Waals surface area contributed by atoms with E-state index in [2.05, 4.69) is 16.9 Å². The van der Waals surface area contributed by atoms with Crippen LogP contribution < -0.4 is 4.72 Å². The van der Waals surface area contributed by atoms with Crippen molar-refractivity contribution < 1.29 is 17.9 Å². The molecule has 2 aliphatic rings. The molecule has 7 heteroatoms. The summed E-state index contributed by atoms with van der Waals surface area (Å²) >= 11 is 0. The Hall–Kier alpha value is -1.72. The number of allylic oxidation sites excluding steroid dienone is 2. The Labute approximate surface area is 204 Å². The number of rotatable bonds is 11. The Bertz CT molecular complexity index is 1130. The van der Waals surface area contributed by atoms with Crippen molar-refractivity contribution in [2.45, 2.75) is 56.4 Å². The number of hydrogen-bond donors (Lipinski definition) is 2. The number of unbranched alkanes of at least 4 members (excludes halogenated alkanes) is 1. The minimum absolute atomic E-state index is 0.0278. The van der Waals surface area contributed by atoms with Gasteiger partial charge in [0.15, 0.2) is 7.37 Å². The predicted molar refractivity (Wildman–Crippen MR) is 139 cm³/mol. The molecule has 0 saturated heterocycles. The third-order valence-corrected chi connectivity index (χ3v) is 11.1. The molecular formula is C27H36NO4PS. The molecule has 2 fully saturated rings. The van der Waals surface area contributed by atoms with Gasteiger partial charge < -0.3 is 4.89 Å². The molecule has 184 valence electrons. The van der Waals surface area contributed by atoms with Gasteiger partial charge >= 0.3 is 0 Å². The van der Waals surface area contributed by atoms with Gasteiger partial charge in [0.05, 0.1) is 4.90 Å². The average Bonchev–Trinajstić information content (AvgIpc) is 3.44. The molecule has 2 N–H and O–H groups in total. The molecule has 34 heavy (non-hydrogen) atoms. The van der Waals surface area contributed by atoms with Crippen LogP contribution in [0.25, 0.3) is 11.1 Å². The van der Waals surface area contributed by atoms with Crippen molar-refractivity contribution in [3.8, 4) is 11.1 Å². The van der Waals surface area contributed by atoms with Crippen LogP contribution >= 0.6 is 7.37 Å². The molecule has 2 aliphatic carbocycles. The normalized spacial score (nSPS) is 26.2.